The zero-order valence-electron chi connectivity index (χ0n) is 16.0. The molecule has 0 fully saturated rings. The van der Waals surface area contributed by atoms with E-state index in [0.29, 0.717) is 12.1 Å². The van der Waals surface area contributed by atoms with Crippen LogP contribution in [0.4, 0.5) is 26.3 Å². The van der Waals surface area contributed by atoms with E-state index >= 15 is 0 Å². The van der Waals surface area contributed by atoms with Gasteiger partial charge in [-0.15, -0.1) is 0 Å². The van der Waals surface area contributed by atoms with E-state index in [0.717, 1.165) is 30.5 Å². The first kappa shape index (κ1) is 22.8. The minimum Gasteiger partial charge on any atom is -0.340 e. The first-order valence-corrected chi connectivity index (χ1v) is 9.01. The number of alkyl halides is 6. The Morgan fingerprint density at radius 1 is 0.938 bits per heavy atom. The van der Waals surface area contributed by atoms with Crippen LogP contribution < -0.4 is 5.32 Å². The van der Waals surface area contributed by atoms with Crippen molar-refractivity contribution in [3.63, 3.8) is 0 Å². The molecule has 32 heavy (non-hydrogen) atoms. The Morgan fingerprint density at radius 3 is 2.22 bits per heavy atom. The van der Waals surface area contributed by atoms with Crippen LogP contribution in [0.3, 0.4) is 0 Å². The lowest BCUT2D eigenvalue weighted by Gasteiger charge is -2.23. The number of amides is 1. The van der Waals surface area contributed by atoms with Crippen LogP contribution in [0.15, 0.2) is 66.9 Å². The predicted octanol–water partition coefficient (Wildman–Crippen LogP) is 5.51. The lowest BCUT2D eigenvalue weighted by molar-refractivity contribution is -0.139. The number of halogens is 6. The fraction of sp³-hybridized carbons (Fsp3) is 0.136. The lowest BCUT2D eigenvalue weighted by Crippen LogP contribution is -2.31. The van der Waals surface area contributed by atoms with Crippen LogP contribution in [0.25, 0.3) is 0 Å². The molecule has 3 rings (SSSR count). The summed E-state index contributed by atoms with van der Waals surface area (Å²) < 4.78 is 79.4. The molecule has 1 amide bonds. The molecule has 10 heteroatoms. The van der Waals surface area contributed by atoms with Gasteiger partial charge in [0.15, 0.2) is 0 Å². The third-order valence-corrected chi connectivity index (χ3v) is 4.52. The van der Waals surface area contributed by atoms with Crippen LogP contribution in [-0.4, -0.2) is 10.9 Å². The van der Waals surface area contributed by atoms with Gasteiger partial charge in [0, 0.05) is 11.8 Å². The molecule has 4 nitrogen and oxygen atoms in total. The summed E-state index contributed by atoms with van der Waals surface area (Å²) in [5.74, 6) is -0.828. The average Bonchev–Trinajstić information content (AvgIpc) is 2.76. The van der Waals surface area contributed by atoms with E-state index in [-0.39, 0.29) is 16.7 Å². The van der Waals surface area contributed by atoms with E-state index in [1.165, 1.54) is 24.3 Å². The number of aromatic nitrogens is 1. The Labute approximate surface area is 178 Å². The van der Waals surface area contributed by atoms with E-state index in [2.05, 4.69) is 10.3 Å². The van der Waals surface area contributed by atoms with Crippen molar-refractivity contribution in [1.82, 2.24) is 10.3 Å². The highest BCUT2D eigenvalue weighted by Gasteiger charge is 2.37. The molecule has 2 aromatic carbocycles. The number of nitrogens with zero attached hydrogens (tertiary/aromatic N) is 2. The van der Waals surface area contributed by atoms with Gasteiger partial charge in [-0.3, -0.25) is 9.78 Å². The van der Waals surface area contributed by atoms with Crippen molar-refractivity contribution in [2.75, 3.05) is 0 Å². The van der Waals surface area contributed by atoms with Gasteiger partial charge in [-0.25, -0.2) is 0 Å². The summed E-state index contributed by atoms with van der Waals surface area (Å²) in [5, 5.41) is 11.4. The Kier molecular flexibility index (Phi) is 6.20. The number of nitrogens with one attached hydrogen (secondary N) is 1. The number of rotatable bonds is 4. The van der Waals surface area contributed by atoms with Gasteiger partial charge in [0.25, 0.3) is 5.91 Å². The van der Waals surface area contributed by atoms with Crippen molar-refractivity contribution in [1.29, 1.82) is 5.26 Å². The Morgan fingerprint density at radius 2 is 1.62 bits per heavy atom. The molecule has 3 aromatic rings. The van der Waals surface area contributed by atoms with E-state index in [4.69, 9.17) is 5.26 Å². The molecule has 1 N–H and O–H groups in total. The second kappa shape index (κ2) is 8.70. The molecule has 0 aliphatic rings. The maximum absolute atomic E-state index is 13.6. The third-order valence-electron chi connectivity index (χ3n) is 4.52. The molecule has 0 bridgehead atoms. The van der Waals surface area contributed by atoms with Gasteiger partial charge in [-0.05, 0) is 48.0 Å². The van der Waals surface area contributed by atoms with Crippen LogP contribution in [0, 0.1) is 11.3 Å². The molecule has 0 unspecified atom stereocenters. The van der Waals surface area contributed by atoms with Gasteiger partial charge in [0.1, 0.15) is 0 Å². The first-order valence-electron chi connectivity index (χ1n) is 9.01. The van der Waals surface area contributed by atoms with Gasteiger partial charge >= 0.3 is 12.4 Å². The van der Waals surface area contributed by atoms with Crippen LogP contribution in [0.5, 0.6) is 0 Å². The monoisotopic (exact) mass is 449 g/mol. The van der Waals surface area contributed by atoms with E-state index in [1.807, 2.05) is 6.07 Å². The standard InChI is InChI=1S/C22H13F6N3O/c23-21(24,25)16-8-6-14(7-9-16)18(19-17(22(26,27)28)5-2-10-30-19)31-20(32)15-4-1-3-13(11-15)12-29/h1-11,18H,(H,31,32)/t18-/m0/s1. The van der Waals surface area contributed by atoms with E-state index in [1.54, 1.807) is 0 Å². The fourth-order valence-corrected chi connectivity index (χ4v) is 3.01. The van der Waals surface area contributed by atoms with Crippen LogP contribution >= 0.6 is 0 Å². The lowest BCUT2D eigenvalue weighted by atomic mass is 9.97. The second-order valence-corrected chi connectivity index (χ2v) is 6.65. The molecular weight excluding hydrogens is 436 g/mol. The maximum atomic E-state index is 13.6. The highest BCUT2D eigenvalue weighted by Crippen LogP contribution is 2.36. The number of carbonyl (C=O) groups is 1. The quantitative estimate of drug-likeness (QED) is 0.534. The summed E-state index contributed by atoms with van der Waals surface area (Å²) in [4.78, 5) is 16.5. The maximum Gasteiger partial charge on any atom is 0.418 e. The average molecular weight is 449 g/mol. The smallest absolute Gasteiger partial charge is 0.340 e. The summed E-state index contributed by atoms with van der Waals surface area (Å²) in [7, 11) is 0. The Hall–Kier alpha value is -3.87. The minimum atomic E-state index is -4.82. The Bertz CT molecular complexity index is 1160. The van der Waals surface area contributed by atoms with Crippen molar-refractivity contribution < 1.29 is 31.1 Å². The summed E-state index contributed by atoms with van der Waals surface area (Å²) in [6.07, 6.45) is -8.37. The van der Waals surface area contributed by atoms with Crippen molar-refractivity contribution in [2.24, 2.45) is 0 Å². The van der Waals surface area contributed by atoms with E-state index in [9.17, 15) is 31.1 Å². The number of hydrogen-bond donors (Lipinski definition) is 1. The highest BCUT2D eigenvalue weighted by molar-refractivity contribution is 5.95. The van der Waals surface area contributed by atoms with Crippen LogP contribution in [0.2, 0.25) is 0 Å². The van der Waals surface area contributed by atoms with Crippen LogP contribution in [-0.2, 0) is 12.4 Å². The van der Waals surface area contributed by atoms with Gasteiger partial charge < -0.3 is 5.32 Å². The van der Waals surface area contributed by atoms with Gasteiger partial charge in [-0.1, -0.05) is 18.2 Å². The largest absolute Gasteiger partial charge is 0.418 e. The fourth-order valence-electron chi connectivity index (χ4n) is 3.01. The highest BCUT2D eigenvalue weighted by atomic mass is 19.4. The summed E-state index contributed by atoms with van der Waals surface area (Å²) >= 11 is 0. The van der Waals surface area contributed by atoms with Crippen molar-refractivity contribution >= 4 is 5.91 Å². The van der Waals surface area contributed by atoms with Gasteiger partial charge in [-0.2, -0.15) is 31.6 Å². The van der Waals surface area contributed by atoms with Crippen molar-refractivity contribution in [2.45, 2.75) is 18.4 Å². The molecule has 0 aliphatic heterocycles. The molecule has 0 aliphatic carbocycles. The molecule has 0 spiro atoms. The molecule has 0 saturated heterocycles. The predicted molar refractivity (Wildman–Crippen MR) is 101 cm³/mol. The van der Waals surface area contributed by atoms with Gasteiger partial charge in [0.05, 0.1) is 34.5 Å². The molecule has 164 valence electrons. The van der Waals surface area contributed by atoms with Crippen LogP contribution in [0.1, 0.15) is 44.3 Å². The Balaban J connectivity index is 2.08. The SMILES string of the molecule is N#Cc1cccc(C(=O)N[C@@H](c2ccc(C(F)(F)F)cc2)c2ncccc2C(F)(F)F)c1. The minimum absolute atomic E-state index is 0.00884. The molecule has 0 radical (unpaired) electrons. The topological polar surface area (TPSA) is 65.8 Å². The number of carbonyl (C=O) groups excluding carboxylic acids is 1. The number of pyridine rings is 1. The molecule has 1 atom stereocenters. The zero-order chi connectivity index (χ0) is 23.5. The normalized spacial score (nSPS) is 12.7. The second-order valence-electron chi connectivity index (χ2n) is 6.65. The third kappa shape index (κ3) is 5.06. The molecule has 1 aromatic heterocycles. The molecular formula is C22H13F6N3O. The van der Waals surface area contributed by atoms with Gasteiger partial charge in [0.2, 0.25) is 0 Å². The van der Waals surface area contributed by atoms with Crippen molar-refractivity contribution in [3.05, 3.63) is 100 Å². The molecule has 0 saturated carbocycles. The van der Waals surface area contributed by atoms with Crippen molar-refractivity contribution in [3.8, 4) is 6.07 Å². The number of nitriles is 1. The number of hydrogen-bond acceptors (Lipinski definition) is 3. The number of benzene rings is 2. The zero-order valence-corrected chi connectivity index (χ0v) is 16.0. The summed E-state index contributed by atoms with van der Waals surface area (Å²) in [6, 6.07) is 11.0. The van der Waals surface area contributed by atoms with E-state index < -0.39 is 41.1 Å². The molecule has 1 heterocycles. The summed E-state index contributed by atoms with van der Waals surface area (Å²) in [6.45, 7) is 0. The first-order chi connectivity index (χ1) is 15.0. The summed E-state index contributed by atoms with van der Waals surface area (Å²) in [5.41, 5.74) is -2.61.